The molecule has 1 fully saturated rings. The Balaban J connectivity index is 1.69. The molecule has 1 amide bonds. The molecule has 1 atom stereocenters. The van der Waals surface area contributed by atoms with E-state index in [0.717, 1.165) is 18.4 Å². The van der Waals surface area contributed by atoms with Gasteiger partial charge in [-0.05, 0) is 50.8 Å². The van der Waals surface area contributed by atoms with Crippen molar-refractivity contribution in [3.8, 4) is 22.6 Å². The molecule has 1 aliphatic heterocycles. The highest BCUT2D eigenvalue weighted by Gasteiger charge is 2.35. The van der Waals surface area contributed by atoms with E-state index in [0.29, 0.717) is 41.5 Å². The van der Waals surface area contributed by atoms with Gasteiger partial charge in [-0.15, -0.1) is 0 Å². The van der Waals surface area contributed by atoms with Crippen LogP contribution in [0.5, 0.6) is 11.5 Å². The number of fused-ring (bicyclic) bond motifs is 1. The number of aromatic nitrogens is 2. The van der Waals surface area contributed by atoms with Crippen molar-refractivity contribution in [2.75, 3.05) is 12.0 Å². The van der Waals surface area contributed by atoms with E-state index in [4.69, 9.17) is 9.47 Å². The predicted molar refractivity (Wildman–Crippen MR) is 115 cm³/mol. The number of ether oxygens (including phenoxy) is 2. The second-order valence-electron chi connectivity index (χ2n) is 8.15. The van der Waals surface area contributed by atoms with Gasteiger partial charge in [-0.1, -0.05) is 18.2 Å². The summed E-state index contributed by atoms with van der Waals surface area (Å²) in [6.45, 7) is 1.89. The Morgan fingerprint density at radius 3 is 2.68 bits per heavy atom. The van der Waals surface area contributed by atoms with E-state index in [9.17, 15) is 4.79 Å². The highest BCUT2D eigenvalue weighted by Crippen LogP contribution is 2.47. The van der Waals surface area contributed by atoms with E-state index in [1.165, 1.54) is 18.1 Å². The Kier molecular flexibility index (Phi) is 4.88. The number of rotatable bonds is 4. The lowest BCUT2D eigenvalue weighted by Gasteiger charge is -2.35. The first kappa shape index (κ1) is 19.6. The van der Waals surface area contributed by atoms with E-state index < -0.39 is 11.9 Å². The van der Waals surface area contributed by atoms with Gasteiger partial charge in [0, 0.05) is 28.9 Å². The van der Waals surface area contributed by atoms with Crippen molar-refractivity contribution in [1.29, 1.82) is 0 Å². The minimum Gasteiger partial charge on any atom is -0.456 e. The zero-order valence-electron chi connectivity index (χ0n) is 17.5. The van der Waals surface area contributed by atoms with Crippen LogP contribution in [0.1, 0.15) is 37.8 Å². The molecule has 0 radical (unpaired) electrons. The number of hydrogen-bond donors (Lipinski definition) is 0. The van der Waals surface area contributed by atoms with Crippen LogP contribution in [0.15, 0.2) is 48.8 Å². The van der Waals surface area contributed by atoms with Crippen LogP contribution in [0, 0.1) is 5.82 Å². The first-order valence-corrected chi connectivity index (χ1v) is 10.6. The van der Waals surface area contributed by atoms with Gasteiger partial charge in [0.2, 0.25) is 0 Å². The third-order valence-electron chi connectivity index (χ3n) is 5.96. The number of carbonyl (C=O) groups is 1. The van der Waals surface area contributed by atoms with E-state index in [-0.39, 0.29) is 11.7 Å². The van der Waals surface area contributed by atoms with E-state index >= 15 is 4.39 Å². The number of hydrogen-bond acceptors (Lipinski definition) is 4. The van der Waals surface area contributed by atoms with Crippen LogP contribution < -0.4 is 9.64 Å². The average molecular weight is 421 g/mol. The molecule has 0 saturated heterocycles. The van der Waals surface area contributed by atoms with Crippen molar-refractivity contribution in [3.05, 3.63) is 60.2 Å². The van der Waals surface area contributed by atoms with Gasteiger partial charge in [0.15, 0.2) is 0 Å². The Labute approximate surface area is 180 Å². The van der Waals surface area contributed by atoms with E-state index in [1.54, 1.807) is 6.20 Å². The fraction of sp³-hybridized carbons (Fsp3) is 0.333. The number of amides is 1. The summed E-state index contributed by atoms with van der Waals surface area (Å²) in [7, 11) is 1.31. The monoisotopic (exact) mass is 421 g/mol. The highest BCUT2D eigenvalue weighted by atomic mass is 19.1. The van der Waals surface area contributed by atoms with Crippen LogP contribution in [0.2, 0.25) is 0 Å². The number of benzene rings is 2. The fourth-order valence-corrected chi connectivity index (χ4v) is 4.19. The second-order valence-corrected chi connectivity index (χ2v) is 8.15. The molecule has 2 heterocycles. The molecule has 1 saturated carbocycles. The molecule has 0 spiro atoms. The number of methoxy groups -OCH3 is 1. The largest absolute Gasteiger partial charge is 0.456 e. The van der Waals surface area contributed by atoms with Crippen LogP contribution >= 0.6 is 0 Å². The maximum Gasteiger partial charge on any atom is 0.414 e. The minimum atomic E-state index is -0.577. The maximum absolute atomic E-state index is 15.5. The van der Waals surface area contributed by atoms with E-state index in [2.05, 4.69) is 5.10 Å². The van der Waals surface area contributed by atoms with Gasteiger partial charge in [0.1, 0.15) is 17.3 Å². The molecule has 1 aliphatic carbocycles. The topological polar surface area (TPSA) is 56.6 Å². The SMILES string of the molecule is COC(=O)N1c2c(F)cc(-c3cnn(C4CC4)c3)c(Oc3ccccc3)c2CC[C@@H]1C. The second kappa shape index (κ2) is 7.72. The Morgan fingerprint density at radius 1 is 1.19 bits per heavy atom. The summed E-state index contributed by atoms with van der Waals surface area (Å²) in [6.07, 6.45) is 6.61. The van der Waals surface area contributed by atoms with Crippen molar-refractivity contribution in [3.63, 3.8) is 0 Å². The first-order valence-electron chi connectivity index (χ1n) is 10.6. The molecular weight excluding hydrogens is 397 g/mol. The summed E-state index contributed by atoms with van der Waals surface area (Å²) in [6, 6.07) is 11.1. The Bertz CT molecular complexity index is 1120. The number of nitrogens with zero attached hydrogens (tertiary/aromatic N) is 3. The Hall–Kier alpha value is -3.35. The summed E-state index contributed by atoms with van der Waals surface area (Å²) in [5.74, 6) is 0.732. The quantitative estimate of drug-likeness (QED) is 0.540. The summed E-state index contributed by atoms with van der Waals surface area (Å²) in [5.41, 5.74) is 2.32. The van der Waals surface area contributed by atoms with Gasteiger partial charge in [0.25, 0.3) is 0 Å². The molecule has 0 bridgehead atoms. The molecule has 1 aromatic heterocycles. The van der Waals surface area contributed by atoms with Crippen LogP contribution in [-0.2, 0) is 11.2 Å². The van der Waals surface area contributed by atoms with Crippen molar-refractivity contribution in [2.45, 2.75) is 44.7 Å². The number of carbonyl (C=O) groups excluding carboxylic acids is 1. The molecular formula is C24H24FN3O3. The molecule has 7 heteroatoms. The third-order valence-corrected chi connectivity index (χ3v) is 5.96. The van der Waals surface area contributed by atoms with Gasteiger partial charge in [-0.3, -0.25) is 9.58 Å². The molecule has 6 nitrogen and oxygen atoms in total. The molecule has 2 aliphatic rings. The van der Waals surface area contributed by atoms with Crippen molar-refractivity contribution in [1.82, 2.24) is 9.78 Å². The summed E-state index contributed by atoms with van der Waals surface area (Å²) in [4.78, 5) is 13.9. The number of anilines is 1. The van der Waals surface area contributed by atoms with E-state index in [1.807, 2.05) is 48.1 Å². The average Bonchev–Trinajstić information content (AvgIpc) is 3.52. The van der Waals surface area contributed by atoms with Crippen molar-refractivity contribution >= 4 is 11.8 Å². The van der Waals surface area contributed by atoms with Gasteiger partial charge in [-0.2, -0.15) is 5.10 Å². The van der Waals surface area contributed by atoms with Crippen molar-refractivity contribution < 1.29 is 18.7 Å². The standard InChI is InChI=1S/C24H24FN3O3/c1-15-8-11-19-22(28(15)24(29)30-2)21(25)12-20(16-13-26-27(14-16)17-9-10-17)23(19)31-18-6-4-3-5-7-18/h3-7,12-15,17H,8-11H2,1-2H3/t15-/m0/s1. The lowest BCUT2D eigenvalue weighted by Crippen LogP contribution is -2.42. The van der Waals surface area contributed by atoms with Gasteiger partial charge in [-0.25, -0.2) is 9.18 Å². The van der Waals surface area contributed by atoms with Crippen LogP contribution in [0.25, 0.3) is 11.1 Å². The summed E-state index contributed by atoms with van der Waals surface area (Å²) in [5, 5.41) is 4.47. The number of para-hydroxylation sites is 1. The van der Waals surface area contributed by atoms with Crippen LogP contribution in [0.4, 0.5) is 14.9 Å². The van der Waals surface area contributed by atoms with Crippen molar-refractivity contribution in [2.24, 2.45) is 0 Å². The predicted octanol–water partition coefficient (Wildman–Crippen LogP) is 5.72. The van der Waals surface area contributed by atoms with Gasteiger partial charge >= 0.3 is 6.09 Å². The molecule has 0 N–H and O–H groups in total. The smallest absolute Gasteiger partial charge is 0.414 e. The zero-order valence-corrected chi connectivity index (χ0v) is 17.5. The zero-order chi connectivity index (χ0) is 21.5. The first-order chi connectivity index (χ1) is 15.1. The lowest BCUT2D eigenvalue weighted by molar-refractivity contribution is 0.175. The van der Waals surface area contributed by atoms with Gasteiger partial charge < -0.3 is 9.47 Å². The normalized spacial score (nSPS) is 17.9. The molecule has 3 aromatic rings. The molecule has 2 aromatic carbocycles. The maximum atomic E-state index is 15.5. The number of halogens is 1. The third kappa shape index (κ3) is 3.54. The minimum absolute atomic E-state index is 0.178. The Morgan fingerprint density at radius 2 is 1.97 bits per heavy atom. The van der Waals surface area contributed by atoms with Crippen LogP contribution in [-0.4, -0.2) is 29.0 Å². The molecule has 5 rings (SSSR count). The summed E-state index contributed by atoms with van der Waals surface area (Å²) >= 11 is 0. The highest BCUT2D eigenvalue weighted by molar-refractivity contribution is 5.92. The van der Waals surface area contributed by atoms with Crippen LogP contribution in [0.3, 0.4) is 0 Å². The molecule has 31 heavy (non-hydrogen) atoms. The van der Waals surface area contributed by atoms with Gasteiger partial charge in [0.05, 0.1) is 25.0 Å². The molecule has 160 valence electrons. The molecule has 0 unspecified atom stereocenters. The lowest BCUT2D eigenvalue weighted by atomic mass is 9.92. The fourth-order valence-electron chi connectivity index (χ4n) is 4.19. The summed E-state index contributed by atoms with van der Waals surface area (Å²) < 4.78 is 28.7.